The van der Waals surface area contributed by atoms with E-state index < -0.39 is 11.7 Å². The Morgan fingerprint density at radius 3 is 2.38 bits per heavy atom. The number of ether oxygens (including phenoxy) is 1. The monoisotopic (exact) mass is 367 g/mol. The Kier molecular flexibility index (Phi) is 6.25. The average Bonchev–Trinajstić information content (AvgIpc) is 2.39. The molecule has 0 aliphatic carbocycles. The first-order valence-electron chi connectivity index (χ1n) is 6.70. The Hall–Kier alpha value is -0.590. The highest BCUT2D eigenvalue weighted by Gasteiger charge is 2.35. The zero-order valence-electron chi connectivity index (χ0n) is 12.6. The predicted molar refractivity (Wildman–Crippen MR) is 81.3 cm³/mol. The highest BCUT2D eigenvalue weighted by molar-refractivity contribution is 9.10. The molecule has 2 nitrogen and oxygen atoms in total. The molecule has 1 unspecified atom stereocenters. The van der Waals surface area contributed by atoms with E-state index in [2.05, 4.69) is 21.2 Å². The lowest BCUT2D eigenvalue weighted by Crippen LogP contribution is -2.27. The molecule has 1 atom stereocenters. The molecule has 1 rings (SSSR count). The van der Waals surface area contributed by atoms with Gasteiger partial charge in [0.1, 0.15) is 0 Å². The van der Waals surface area contributed by atoms with Crippen molar-refractivity contribution < 1.29 is 17.9 Å². The minimum Gasteiger partial charge on any atom is -0.379 e. The van der Waals surface area contributed by atoms with Gasteiger partial charge in [-0.25, -0.2) is 0 Å². The summed E-state index contributed by atoms with van der Waals surface area (Å²) >= 11 is 3.10. The zero-order chi connectivity index (χ0) is 16.3. The molecule has 0 heterocycles. The van der Waals surface area contributed by atoms with E-state index in [0.29, 0.717) is 17.3 Å². The van der Waals surface area contributed by atoms with Crippen molar-refractivity contribution >= 4 is 15.9 Å². The number of hydrogen-bond acceptors (Lipinski definition) is 2. The molecule has 6 heteroatoms. The Labute approximate surface area is 132 Å². The van der Waals surface area contributed by atoms with Crippen LogP contribution in [0, 0.1) is 0 Å². The minimum atomic E-state index is -4.37. The third kappa shape index (κ3) is 5.27. The van der Waals surface area contributed by atoms with E-state index in [1.807, 2.05) is 13.8 Å². The van der Waals surface area contributed by atoms with Crippen molar-refractivity contribution in [3.05, 3.63) is 33.8 Å². The van der Waals surface area contributed by atoms with E-state index in [1.165, 1.54) is 6.07 Å². The summed E-state index contributed by atoms with van der Waals surface area (Å²) < 4.78 is 45.3. The second kappa shape index (κ2) is 7.11. The SMILES string of the molecule is CNC(CCC(C)(C)OC)c1ccc(Br)cc1C(F)(F)F. The Balaban J connectivity index is 3.06. The number of hydrogen-bond donors (Lipinski definition) is 1. The van der Waals surface area contributed by atoms with Crippen molar-refractivity contribution in [1.82, 2.24) is 5.32 Å². The summed E-state index contributed by atoms with van der Waals surface area (Å²) in [5, 5.41) is 2.98. The molecule has 120 valence electrons. The van der Waals surface area contributed by atoms with E-state index in [1.54, 1.807) is 20.2 Å². The van der Waals surface area contributed by atoms with Crippen LogP contribution in [0.4, 0.5) is 13.2 Å². The molecule has 0 saturated carbocycles. The van der Waals surface area contributed by atoms with Crippen molar-refractivity contribution in [1.29, 1.82) is 0 Å². The lowest BCUT2D eigenvalue weighted by molar-refractivity contribution is -0.138. The van der Waals surface area contributed by atoms with Crippen molar-refractivity contribution in [2.45, 2.75) is 44.5 Å². The van der Waals surface area contributed by atoms with Crippen molar-refractivity contribution in [3.8, 4) is 0 Å². The van der Waals surface area contributed by atoms with Gasteiger partial charge in [0.15, 0.2) is 0 Å². The van der Waals surface area contributed by atoms with Crippen LogP contribution in [0.1, 0.15) is 43.9 Å². The van der Waals surface area contributed by atoms with Crippen LogP contribution in [-0.4, -0.2) is 19.8 Å². The summed E-state index contributed by atoms with van der Waals surface area (Å²) in [6, 6.07) is 3.91. The standard InChI is InChI=1S/C15H21BrF3NO/c1-14(2,21-4)8-7-13(20-3)11-6-5-10(16)9-12(11)15(17,18)19/h5-6,9,13,20H,7-8H2,1-4H3. The van der Waals surface area contributed by atoms with Gasteiger partial charge >= 0.3 is 6.18 Å². The van der Waals surface area contributed by atoms with Crippen molar-refractivity contribution in [3.63, 3.8) is 0 Å². The highest BCUT2D eigenvalue weighted by Crippen LogP contribution is 2.38. The number of nitrogens with one attached hydrogen (secondary N) is 1. The number of halogens is 4. The third-order valence-electron chi connectivity index (χ3n) is 3.63. The predicted octanol–water partition coefficient (Wildman–Crippen LogP) is 4.93. The molecule has 0 saturated heterocycles. The van der Waals surface area contributed by atoms with Crippen molar-refractivity contribution in [2.24, 2.45) is 0 Å². The molecule has 1 N–H and O–H groups in total. The molecule has 1 aromatic rings. The van der Waals surface area contributed by atoms with Crippen molar-refractivity contribution in [2.75, 3.05) is 14.2 Å². The van der Waals surface area contributed by atoms with Crippen LogP contribution >= 0.6 is 15.9 Å². The molecule has 0 radical (unpaired) electrons. The molecule has 0 fully saturated rings. The van der Waals surface area contributed by atoms with Gasteiger partial charge in [-0.05, 0) is 51.4 Å². The van der Waals surface area contributed by atoms with E-state index in [9.17, 15) is 13.2 Å². The second-order valence-corrected chi connectivity index (χ2v) is 6.49. The fourth-order valence-corrected chi connectivity index (χ4v) is 2.49. The molecular weight excluding hydrogens is 347 g/mol. The van der Waals surface area contributed by atoms with E-state index in [-0.39, 0.29) is 17.2 Å². The lowest BCUT2D eigenvalue weighted by atomic mass is 9.92. The van der Waals surface area contributed by atoms with E-state index >= 15 is 0 Å². The maximum atomic E-state index is 13.2. The fraction of sp³-hybridized carbons (Fsp3) is 0.600. The van der Waals surface area contributed by atoms with Crippen LogP contribution in [0.25, 0.3) is 0 Å². The minimum absolute atomic E-state index is 0.264. The summed E-state index contributed by atoms with van der Waals surface area (Å²) in [6.07, 6.45) is -3.16. The molecular formula is C15H21BrF3NO. The molecule has 0 aromatic heterocycles. The number of alkyl halides is 3. The fourth-order valence-electron chi connectivity index (χ4n) is 2.13. The molecule has 0 amide bonds. The van der Waals surface area contributed by atoms with Gasteiger partial charge in [0.05, 0.1) is 11.2 Å². The normalized spacial score (nSPS) is 14.3. The molecule has 1 aromatic carbocycles. The van der Waals surface area contributed by atoms with E-state index in [4.69, 9.17) is 4.74 Å². The first-order chi connectivity index (χ1) is 9.60. The zero-order valence-corrected chi connectivity index (χ0v) is 14.2. The molecule has 0 spiro atoms. The second-order valence-electron chi connectivity index (χ2n) is 5.57. The van der Waals surface area contributed by atoms with Crippen LogP contribution in [-0.2, 0) is 10.9 Å². The van der Waals surface area contributed by atoms with Gasteiger partial charge in [0.25, 0.3) is 0 Å². The highest BCUT2D eigenvalue weighted by atomic mass is 79.9. The van der Waals surface area contributed by atoms with Gasteiger partial charge in [-0.1, -0.05) is 22.0 Å². The quantitative estimate of drug-likeness (QED) is 0.769. The summed E-state index contributed by atoms with van der Waals surface area (Å²) in [6.45, 7) is 3.85. The smallest absolute Gasteiger partial charge is 0.379 e. The summed E-state index contributed by atoms with van der Waals surface area (Å²) in [5.41, 5.74) is -0.699. The molecule has 0 bridgehead atoms. The Morgan fingerprint density at radius 2 is 1.90 bits per heavy atom. The molecule has 0 aliphatic rings. The third-order valence-corrected chi connectivity index (χ3v) is 4.13. The van der Waals surface area contributed by atoms with Gasteiger partial charge in [-0.3, -0.25) is 0 Å². The lowest BCUT2D eigenvalue weighted by Gasteiger charge is -2.27. The molecule has 21 heavy (non-hydrogen) atoms. The van der Waals surface area contributed by atoms with Gasteiger partial charge in [0, 0.05) is 17.6 Å². The first-order valence-corrected chi connectivity index (χ1v) is 7.49. The van der Waals surface area contributed by atoms with Gasteiger partial charge < -0.3 is 10.1 Å². The average molecular weight is 368 g/mol. The Bertz CT molecular complexity index is 474. The summed E-state index contributed by atoms with van der Waals surface area (Å²) in [7, 11) is 3.28. The van der Waals surface area contributed by atoms with E-state index in [0.717, 1.165) is 6.07 Å². The van der Waals surface area contributed by atoms with Gasteiger partial charge in [-0.2, -0.15) is 13.2 Å². The van der Waals surface area contributed by atoms with Crippen LogP contribution in [0.2, 0.25) is 0 Å². The Morgan fingerprint density at radius 1 is 1.29 bits per heavy atom. The van der Waals surface area contributed by atoms with Gasteiger partial charge in [0.2, 0.25) is 0 Å². The summed E-state index contributed by atoms with van der Waals surface area (Å²) in [5.74, 6) is 0. The van der Waals surface area contributed by atoms with Gasteiger partial charge in [-0.15, -0.1) is 0 Å². The summed E-state index contributed by atoms with van der Waals surface area (Å²) in [4.78, 5) is 0. The topological polar surface area (TPSA) is 21.3 Å². The molecule has 0 aliphatic heterocycles. The van der Waals surface area contributed by atoms with Crippen LogP contribution in [0.15, 0.2) is 22.7 Å². The first kappa shape index (κ1) is 18.5. The number of methoxy groups -OCH3 is 1. The number of benzene rings is 1. The maximum absolute atomic E-state index is 13.2. The number of rotatable bonds is 6. The van der Waals surface area contributed by atoms with Crippen LogP contribution < -0.4 is 5.32 Å². The van der Waals surface area contributed by atoms with Crippen LogP contribution in [0.3, 0.4) is 0 Å². The van der Waals surface area contributed by atoms with Crippen LogP contribution in [0.5, 0.6) is 0 Å². The maximum Gasteiger partial charge on any atom is 0.416 e. The largest absolute Gasteiger partial charge is 0.416 e.